The molecule has 1 aromatic carbocycles. The molecular formula is C12H13Cl2N3. The Labute approximate surface area is 110 Å². The number of hydrogen-bond acceptors (Lipinski definition) is 2. The highest BCUT2D eigenvalue weighted by molar-refractivity contribution is 6.36. The molecule has 1 atom stereocenters. The maximum absolute atomic E-state index is 6.12. The molecule has 3 N–H and O–H groups in total. The van der Waals surface area contributed by atoms with Gasteiger partial charge in [-0.3, -0.25) is 0 Å². The van der Waals surface area contributed by atoms with Gasteiger partial charge in [0, 0.05) is 23.0 Å². The van der Waals surface area contributed by atoms with Gasteiger partial charge in [0.2, 0.25) is 0 Å². The van der Waals surface area contributed by atoms with E-state index in [0.29, 0.717) is 16.5 Å². The lowest BCUT2D eigenvalue weighted by Gasteiger charge is -2.02. The van der Waals surface area contributed by atoms with Crippen LogP contribution in [-0.2, 0) is 6.42 Å². The molecule has 0 saturated heterocycles. The maximum Gasteiger partial charge on any atom is 0.108 e. The molecule has 0 saturated carbocycles. The lowest BCUT2D eigenvalue weighted by Crippen LogP contribution is -2.18. The van der Waals surface area contributed by atoms with Crippen molar-refractivity contribution in [1.82, 2.24) is 9.97 Å². The fourth-order valence-corrected chi connectivity index (χ4v) is 2.13. The lowest BCUT2D eigenvalue weighted by atomic mass is 10.2. The number of nitrogens with zero attached hydrogens (tertiary/aromatic N) is 1. The van der Waals surface area contributed by atoms with Gasteiger partial charge in [-0.05, 0) is 25.1 Å². The van der Waals surface area contributed by atoms with Crippen molar-refractivity contribution in [2.75, 3.05) is 0 Å². The molecule has 0 fully saturated rings. The number of nitrogens with one attached hydrogen (secondary N) is 1. The van der Waals surface area contributed by atoms with Gasteiger partial charge >= 0.3 is 0 Å². The normalized spacial score (nSPS) is 12.7. The molecule has 90 valence electrons. The van der Waals surface area contributed by atoms with Crippen molar-refractivity contribution in [2.45, 2.75) is 19.4 Å². The Hall–Kier alpha value is -1.03. The van der Waals surface area contributed by atoms with Gasteiger partial charge in [0.1, 0.15) is 5.82 Å². The summed E-state index contributed by atoms with van der Waals surface area (Å²) in [6.07, 6.45) is 2.47. The second-order valence-corrected chi connectivity index (χ2v) is 4.89. The zero-order valence-electron chi connectivity index (χ0n) is 9.37. The number of benzene rings is 1. The van der Waals surface area contributed by atoms with Gasteiger partial charge in [-0.15, -0.1) is 0 Å². The SMILES string of the molecule is CC(N)Cc1ncc(-c2ccc(Cl)cc2Cl)[nH]1. The minimum Gasteiger partial charge on any atom is -0.342 e. The van der Waals surface area contributed by atoms with Crippen LogP contribution < -0.4 is 5.73 Å². The van der Waals surface area contributed by atoms with Crippen molar-refractivity contribution in [1.29, 1.82) is 0 Å². The lowest BCUT2D eigenvalue weighted by molar-refractivity contribution is 0.710. The monoisotopic (exact) mass is 269 g/mol. The number of aromatic amines is 1. The van der Waals surface area contributed by atoms with E-state index in [1.54, 1.807) is 18.3 Å². The third-order valence-corrected chi connectivity index (χ3v) is 2.91. The van der Waals surface area contributed by atoms with Crippen molar-refractivity contribution in [3.63, 3.8) is 0 Å². The summed E-state index contributed by atoms with van der Waals surface area (Å²) in [5.74, 6) is 0.862. The van der Waals surface area contributed by atoms with Crippen molar-refractivity contribution in [2.24, 2.45) is 5.73 Å². The van der Waals surface area contributed by atoms with Crippen LogP contribution in [0.1, 0.15) is 12.7 Å². The van der Waals surface area contributed by atoms with Crippen LogP contribution in [0.2, 0.25) is 10.0 Å². The van der Waals surface area contributed by atoms with Gasteiger partial charge in [-0.2, -0.15) is 0 Å². The number of H-pyrrole nitrogens is 1. The number of imidazole rings is 1. The van der Waals surface area contributed by atoms with E-state index in [0.717, 1.165) is 17.1 Å². The van der Waals surface area contributed by atoms with E-state index in [9.17, 15) is 0 Å². The molecule has 0 bridgehead atoms. The Morgan fingerprint density at radius 1 is 1.41 bits per heavy atom. The zero-order chi connectivity index (χ0) is 12.4. The van der Waals surface area contributed by atoms with Crippen LogP contribution in [0.5, 0.6) is 0 Å². The molecule has 1 unspecified atom stereocenters. The average molecular weight is 270 g/mol. The fraction of sp³-hybridized carbons (Fsp3) is 0.250. The van der Waals surface area contributed by atoms with E-state index in [4.69, 9.17) is 28.9 Å². The van der Waals surface area contributed by atoms with E-state index >= 15 is 0 Å². The Kier molecular flexibility index (Phi) is 3.72. The van der Waals surface area contributed by atoms with Crippen LogP contribution in [-0.4, -0.2) is 16.0 Å². The largest absolute Gasteiger partial charge is 0.342 e. The molecule has 17 heavy (non-hydrogen) atoms. The zero-order valence-corrected chi connectivity index (χ0v) is 10.9. The molecule has 0 spiro atoms. The van der Waals surface area contributed by atoms with Crippen LogP contribution in [0.3, 0.4) is 0 Å². The summed E-state index contributed by atoms with van der Waals surface area (Å²) in [7, 11) is 0. The van der Waals surface area contributed by atoms with Crippen LogP contribution in [0.4, 0.5) is 0 Å². The van der Waals surface area contributed by atoms with Gasteiger partial charge in [0.15, 0.2) is 0 Å². The first kappa shape index (κ1) is 12.4. The molecule has 0 aliphatic rings. The molecule has 2 rings (SSSR count). The van der Waals surface area contributed by atoms with Gasteiger partial charge in [-0.25, -0.2) is 4.98 Å². The van der Waals surface area contributed by atoms with Crippen molar-refractivity contribution < 1.29 is 0 Å². The Morgan fingerprint density at radius 2 is 2.18 bits per heavy atom. The average Bonchev–Trinajstić information content (AvgIpc) is 2.65. The third kappa shape index (κ3) is 3.00. The highest BCUT2D eigenvalue weighted by Gasteiger charge is 2.08. The number of hydrogen-bond donors (Lipinski definition) is 2. The highest BCUT2D eigenvalue weighted by atomic mass is 35.5. The minimum absolute atomic E-state index is 0.0784. The molecule has 1 aromatic heterocycles. The smallest absolute Gasteiger partial charge is 0.108 e. The van der Waals surface area contributed by atoms with Gasteiger partial charge in [0.05, 0.1) is 16.9 Å². The van der Waals surface area contributed by atoms with Crippen molar-refractivity contribution >= 4 is 23.2 Å². The predicted molar refractivity (Wildman–Crippen MR) is 71.4 cm³/mol. The quantitative estimate of drug-likeness (QED) is 0.899. The highest BCUT2D eigenvalue weighted by Crippen LogP contribution is 2.29. The van der Waals surface area contributed by atoms with E-state index in [1.165, 1.54) is 0 Å². The number of rotatable bonds is 3. The maximum atomic E-state index is 6.12. The first-order chi connectivity index (χ1) is 8.06. The first-order valence-electron chi connectivity index (χ1n) is 5.31. The second-order valence-electron chi connectivity index (χ2n) is 4.05. The van der Waals surface area contributed by atoms with E-state index in [2.05, 4.69) is 9.97 Å². The Morgan fingerprint density at radius 3 is 2.82 bits per heavy atom. The van der Waals surface area contributed by atoms with Gasteiger partial charge in [0.25, 0.3) is 0 Å². The van der Waals surface area contributed by atoms with Crippen molar-refractivity contribution in [3.8, 4) is 11.3 Å². The molecular weight excluding hydrogens is 257 g/mol. The molecule has 0 radical (unpaired) electrons. The predicted octanol–water partition coefficient (Wildman–Crippen LogP) is 3.27. The van der Waals surface area contributed by atoms with Crippen LogP contribution in [0, 0.1) is 0 Å². The number of nitrogens with two attached hydrogens (primary N) is 1. The second kappa shape index (κ2) is 5.08. The van der Waals surface area contributed by atoms with Crippen LogP contribution >= 0.6 is 23.2 Å². The number of aromatic nitrogens is 2. The van der Waals surface area contributed by atoms with Gasteiger partial charge in [-0.1, -0.05) is 23.2 Å². The van der Waals surface area contributed by atoms with E-state index < -0.39 is 0 Å². The third-order valence-electron chi connectivity index (χ3n) is 2.37. The summed E-state index contributed by atoms with van der Waals surface area (Å²) in [6.45, 7) is 1.94. The molecule has 5 heteroatoms. The van der Waals surface area contributed by atoms with E-state index in [-0.39, 0.29) is 6.04 Å². The summed E-state index contributed by atoms with van der Waals surface area (Å²) in [4.78, 5) is 7.47. The molecule has 0 aliphatic carbocycles. The first-order valence-corrected chi connectivity index (χ1v) is 6.06. The summed E-state index contributed by atoms with van der Waals surface area (Å²) in [6, 6.07) is 5.46. The topological polar surface area (TPSA) is 54.7 Å². The molecule has 0 aliphatic heterocycles. The van der Waals surface area contributed by atoms with E-state index in [1.807, 2.05) is 13.0 Å². The Bertz CT molecular complexity index is 520. The summed E-state index contributed by atoms with van der Waals surface area (Å²) < 4.78 is 0. The fourth-order valence-electron chi connectivity index (χ4n) is 1.62. The van der Waals surface area contributed by atoms with Gasteiger partial charge < -0.3 is 10.7 Å². The van der Waals surface area contributed by atoms with Crippen molar-refractivity contribution in [3.05, 3.63) is 40.3 Å². The molecule has 1 heterocycles. The van der Waals surface area contributed by atoms with Crippen LogP contribution in [0.15, 0.2) is 24.4 Å². The molecule has 0 amide bonds. The Balaban J connectivity index is 2.30. The standard InChI is InChI=1S/C12H13Cl2N3/c1-7(15)4-12-16-6-11(17-12)9-3-2-8(13)5-10(9)14/h2-3,5-7H,4,15H2,1H3,(H,16,17). The summed E-state index contributed by atoms with van der Waals surface area (Å²) in [5, 5.41) is 1.22. The number of halogens is 2. The van der Waals surface area contributed by atoms with Crippen LogP contribution in [0.25, 0.3) is 11.3 Å². The molecule has 2 aromatic rings. The minimum atomic E-state index is 0.0784. The summed E-state index contributed by atoms with van der Waals surface area (Å²) >= 11 is 12.0. The summed E-state index contributed by atoms with van der Waals surface area (Å²) in [5.41, 5.74) is 7.48. The molecule has 3 nitrogen and oxygen atoms in total.